The quantitative estimate of drug-likeness (QED) is 0.386. The Kier molecular flexibility index (Phi) is 4.60. The molecule has 0 aliphatic carbocycles. The van der Waals surface area contributed by atoms with Crippen molar-refractivity contribution in [3.05, 3.63) is 35.1 Å². The summed E-state index contributed by atoms with van der Waals surface area (Å²) in [6.45, 7) is 7.24. The Balaban J connectivity index is 2.20. The second kappa shape index (κ2) is 6.22. The lowest BCUT2D eigenvalue weighted by Crippen LogP contribution is -2.38. The highest BCUT2D eigenvalue weighted by atomic mass is 19.1. The van der Waals surface area contributed by atoms with Crippen molar-refractivity contribution in [3.8, 4) is 0 Å². The van der Waals surface area contributed by atoms with Crippen molar-refractivity contribution in [1.29, 1.82) is 0 Å². The van der Waals surface area contributed by atoms with Crippen molar-refractivity contribution in [2.24, 2.45) is 22.7 Å². The summed E-state index contributed by atoms with van der Waals surface area (Å²) in [6, 6.07) is 4.45. The summed E-state index contributed by atoms with van der Waals surface area (Å²) in [5.41, 5.74) is 7.00. The normalized spacial score (nSPS) is 24.9. The third-order valence-electron chi connectivity index (χ3n) is 3.79. The highest BCUT2D eigenvalue weighted by Crippen LogP contribution is 2.23. The molecule has 1 fully saturated rings. The van der Waals surface area contributed by atoms with Gasteiger partial charge in [-0.1, -0.05) is 25.1 Å². The molecule has 1 aromatic rings. The van der Waals surface area contributed by atoms with Crippen LogP contribution >= 0.6 is 0 Å². The highest BCUT2D eigenvalue weighted by Gasteiger charge is 2.22. The number of amidine groups is 1. The molecule has 2 unspecified atom stereocenters. The van der Waals surface area contributed by atoms with Gasteiger partial charge in [-0.15, -0.1) is 0 Å². The van der Waals surface area contributed by atoms with Gasteiger partial charge in [-0.25, -0.2) is 4.39 Å². The van der Waals surface area contributed by atoms with Crippen LogP contribution in [0.2, 0.25) is 0 Å². The van der Waals surface area contributed by atoms with Crippen LogP contribution in [0.25, 0.3) is 0 Å². The second-order valence-corrected chi connectivity index (χ2v) is 5.93. The zero-order chi connectivity index (χ0) is 14.7. The Bertz CT molecular complexity index is 494. The largest absolute Gasteiger partial charge is 0.409 e. The Morgan fingerprint density at radius 2 is 2.05 bits per heavy atom. The Labute approximate surface area is 119 Å². The first-order valence-corrected chi connectivity index (χ1v) is 6.98. The van der Waals surface area contributed by atoms with E-state index in [0.29, 0.717) is 23.9 Å². The summed E-state index contributed by atoms with van der Waals surface area (Å²) in [6.07, 6.45) is 1.24. The number of halogens is 1. The van der Waals surface area contributed by atoms with Gasteiger partial charge in [0.05, 0.1) is 0 Å². The van der Waals surface area contributed by atoms with Gasteiger partial charge in [0.25, 0.3) is 0 Å². The summed E-state index contributed by atoms with van der Waals surface area (Å²) in [7, 11) is 0. The fraction of sp³-hybridized carbons (Fsp3) is 0.533. The average Bonchev–Trinajstić information content (AvgIpc) is 2.38. The lowest BCUT2D eigenvalue weighted by molar-refractivity contribution is 0.134. The number of piperidine rings is 1. The van der Waals surface area contributed by atoms with Crippen molar-refractivity contribution in [2.75, 3.05) is 13.1 Å². The van der Waals surface area contributed by atoms with Crippen LogP contribution in [0.5, 0.6) is 0 Å². The first kappa shape index (κ1) is 14.8. The Morgan fingerprint density at radius 1 is 1.40 bits per heavy atom. The molecule has 2 rings (SSSR count). The van der Waals surface area contributed by atoms with Crippen LogP contribution in [0.4, 0.5) is 4.39 Å². The minimum absolute atomic E-state index is 0.0439. The number of oxime groups is 1. The SMILES string of the molecule is CC1CC(C)CN(Cc2ccc(F)cc2C(N)=NO)C1. The van der Waals surface area contributed by atoms with E-state index in [-0.39, 0.29) is 11.7 Å². The summed E-state index contributed by atoms with van der Waals surface area (Å²) in [4.78, 5) is 2.35. The number of benzene rings is 1. The topological polar surface area (TPSA) is 61.8 Å². The van der Waals surface area contributed by atoms with E-state index in [1.165, 1.54) is 18.6 Å². The van der Waals surface area contributed by atoms with Crippen LogP contribution in [0.15, 0.2) is 23.4 Å². The molecule has 3 N–H and O–H groups in total. The molecule has 5 heteroatoms. The molecule has 1 heterocycles. The third-order valence-corrected chi connectivity index (χ3v) is 3.79. The van der Waals surface area contributed by atoms with E-state index in [1.807, 2.05) is 0 Å². The first-order chi connectivity index (χ1) is 9.49. The van der Waals surface area contributed by atoms with Gasteiger partial charge >= 0.3 is 0 Å². The Hall–Kier alpha value is -1.62. The van der Waals surface area contributed by atoms with E-state index in [0.717, 1.165) is 18.7 Å². The maximum atomic E-state index is 13.3. The fourth-order valence-corrected chi connectivity index (χ4v) is 3.14. The molecule has 1 aliphatic heterocycles. The van der Waals surface area contributed by atoms with E-state index in [2.05, 4.69) is 23.9 Å². The average molecular weight is 279 g/mol. The maximum absolute atomic E-state index is 13.3. The predicted octanol–water partition coefficient (Wildman–Crippen LogP) is 2.40. The van der Waals surface area contributed by atoms with Crippen LogP contribution in [-0.4, -0.2) is 29.0 Å². The third kappa shape index (κ3) is 3.48. The van der Waals surface area contributed by atoms with Crippen molar-refractivity contribution in [3.63, 3.8) is 0 Å². The van der Waals surface area contributed by atoms with Crippen LogP contribution in [0, 0.1) is 17.7 Å². The molecule has 0 bridgehead atoms. The van der Waals surface area contributed by atoms with Crippen molar-refractivity contribution in [1.82, 2.24) is 4.90 Å². The standard InChI is InChI=1S/C15H22FN3O/c1-10-5-11(2)8-19(7-10)9-12-3-4-13(16)6-14(12)15(17)18-20/h3-4,6,10-11,20H,5,7-9H2,1-2H3,(H2,17,18). The molecule has 1 aromatic carbocycles. The number of nitrogens with two attached hydrogens (primary N) is 1. The van der Waals surface area contributed by atoms with Crippen LogP contribution in [-0.2, 0) is 6.54 Å². The lowest BCUT2D eigenvalue weighted by Gasteiger charge is -2.35. The monoisotopic (exact) mass is 279 g/mol. The smallest absolute Gasteiger partial charge is 0.170 e. The molecule has 2 atom stereocenters. The molecular formula is C15H22FN3O. The zero-order valence-electron chi connectivity index (χ0n) is 12.0. The fourth-order valence-electron chi connectivity index (χ4n) is 3.14. The summed E-state index contributed by atoms with van der Waals surface area (Å²) >= 11 is 0. The molecule has 110 valence electrons. The zero-order valence-corrected chi connectivity index (χ0v) is 12.0. The van der Waals surface area contributed by atoms with E-state index in [9.17, 15) is 4.39 Å². The summed E-state index contributed by atoms with van der Waals surface area (Å²) in [5.74, 6) is 0.895. The van der Waals surface area contributed by atoms with Crippen molar-refractivity contribution in [2.45, 2.75) is 26.8 Å². The van der Waals surface area contributed by atoms with Crippen molar-refractivity contribution < 1.29 is 9.60 Å². The van der Waals surface area contributed by atoms with Gasteiger partial charge in [-0.2, -0.15) is 0 Å². The number of rotatable bonds is 3. The van der Waals surface area contributed by atoms with E-state index < -0.39 is 0 Å². The summed E-state index contributed by atoms with van der Waals surface area (Å²) < 4.78 is 13.3. The van der Waals surface area contributed by atoms with Gasteiger partial charge in [-0.3, -0.25) is 4.90 Å². The lowest BCUT2D eigenvalue weighted by atomic mass is 9.91. The maximum Gasteiger partial charge on any atom is 0.170 e. The number of nitrogens with zero attached hydrogens (tertiary/aromatic N) is 2. The molecular weight excluding hydrogens is 257 g/mol. The van der Waals surface area contributed by atoms with Gasteiger partial charge in [0.15, 0.2) is 5.84 Å². The first-order valence-electron chi connectivity index (χ1n) is 6.98. The molecule has 1 aliphatic rings. The van der Waals surface area contributed by atoms with Crippen LogP contribution in [0.1, 0.15) is 31.4 Å². The minimum Gasteiger partial charge on any atom is -0.409 e. The van der Waals surface area contributed by atoms with E-state index >= 15 is 0 Å². The Morgan fingerprint density at radius 3 is 2.65 bits per heavy atom. The second-order valence-electron chi connectivity index (χ2n) is 5.93. The number of hydrogen-bond donors (Lipinski definition) is 2. The van der Waals surface area contributed by atoms with Crippen LogP contribution in [0.3, 0.4) is 0 Å². The van der Waals surface area contributed by atoms with Crippen molar-refractivity contribution >= 4 is 5.84 Å². The number of likely N-dealkylation sites (tertiary alicyclic amines) is 1. The van der Waals surface area contributed by atoms with Crippen LogP contribution < -0.4 is 5.73 Å². The molecule has 20 heavy (non-hydrogen) atoms. The van der Waals surface area contributed by atoms with Gasteiger partial charge in [-0.05, 0) is 36.0 Å². The van der Waals surface area contributed by atoms with E-state index in [4.69, 9.17) is 10.9 Å². The molecule has 0 aromatic heterocycles. The molecule has 0 spiro atoms. The van der Waals surface area contributed by atoms with Gasteiger partial charge in [0.1, 0.15) is 5.82 Å². The van der Waals surface area contributed by atoms with Gasteiger partial charge in [0, 0.05) is 25.2 Å². The van der Waals surface area contributed by atoms with Gasteiger partial charge < -0.3 is 10.9 Å². The number of hydrogen-bond acceptors (Lipinski definition) is 3. The van der Waals surface area contributed by atoms with E-state index in [1.54, 1.807) is 6.07 Å². The molecule has 0 radical (unpaired) electrons. The summed E-state index contributed by atoms with van der Waals surface area (Å²) in [5, 5.41) is 11.8. The molecule has 1 saturated heterocycles. The highest BCUT2D eigenvalue weighted by molar-refractivity contribution is 5.98. The van der Waals surface area contributed by atoms with Gasteiger partial charge in [0.2, 0.25) is 0 Å². The molecule has 0 saturated carbocycles. The predicted molar refractivity (Wildman–Crippen MR) is 77.1 cm³/mol. The minimum atomic E-state index is -0.379. The molecule has 4 nitrogen and oxygen atoms in total. The molecule has 0 amide bonds.